The van der Waals surface area contributed by atoms with Gasteiger partial charge in [-0.25, -0.2) is 17.6 Å². The summed E-state index contributed by atoms with van der Waals surface area (Å²) in [5, 5.41) is 39.8. The molecule has 0 saturated heterocycles. The molecule has 4 rings (SSSR count). The van der Waals surface area contributed by atoms with Gasteiger partial charge in [-0.3, -0.25) is 0 Å². The fourth-order valence-corrected chi connectivity index (χ4v) is 5.02. The van der Waals surface area contributed by atoms with Crippen molar-refractivity contribution >= 4 is 45.7 Å². The summed E-state index contributed by atoms with van der Waals surface area (Å²) in [7, 11) is 0. The minimum Gasteiger partial charge on any atom is -0.347 e. The van der Waals surface area contributed by atoms with E-state index < -0.39 is 45.5 Å². The van der Waals surface area contributed by atoms with Crippen LogP contribution in [0.5, 0.6) is 0 Å². The van der Waals surface area contributed by atoms with E-state index in [0.717, 1.165) is 0 Å². The highest BCUT2D eigenvalue weighted by molar-refractivity contribution is 8.04. The van der Waals surface area contributed by atoms with Crippen molar-refractivity contribution in [3.8, 4) is 24.3 Å². The molecule has 12 heteroatoms. The predicted molar refractivity (Wildman–Crippen MR) is 99.2 cm³/mol. The molecule has 2 aromatic carbocycles. The van der Waals surface area contributed by atoms with Gasteiger partial charge in [0.25, 0.3) is 0 Å². The molecule has 0 aliphatic carbocycles. The Morgan fingerprint density at radius 1 is 0.600 bits per heavy atom. The van der Waals surface area contributed by atoms with Crippen LogP contribution in [0.2, 0.25) is 0 Å². The van der Waals surface area contributed by atoms with Gasteiger partial charge in [-0.2, -0.15) is 21.0 Å². The van der Waals surface area contributed by atoms with E-state index in [9.17, 15) is 17.6 Å². The minimum atomic E-state index is -1.67. The lowest BCUT2D eigenvalue weighted by Gasteiger charge is -2.13. The van der Waals surface area contributed by atoms with Gasteiger partial charge in [-0.05, 0) is 0 Å². The van der Waals surface area contributed by atoms with Crippen LogP contribution in [0.3, 0.4) is 0 Å². The summed E-state index contributed by atoms with van der Waals surface area (Å²) < 4.78 is 58.7. The van der Waals surface area contributed by atoms with Crippen LogP contribution < -0.4 is 10.6 Å². The van der Waals surface area contributed by atoms with Crippen molar-refractivity contribution in [1.82, 2.24) is 0 Å². The van der Waals surface area contributed by atoms with Crippen LogP contribution >= 0.6 is 23.5 Å². The third-order valence-electron chi connectivity index (χ3n) is 4.21. The predicted octanol–water partition coefficient (Wildman–Crippen LogP) is 4.95. The van der Waals surface area contributed by atoms with Gasteiger partial charge in [0, 0.05) is 5.39 Å². The lowest BCUT2D eigenvalue weighted by atomic mass is 10.0. The van der Waals surface area contributed by atoms with E-state index in [0.29, 0.717) is 23.5 Å². The first-order valence-corrected chi connectivity index (χ1v) is 9.35. The zero-order valence-electron chi connectivity index (χ0n) is 14.1. The number of hydrogen-bond acceptors (Lipinski definition) is 8. The standard InChI is InChI=1S/C18H2F4N6S2/c19-9-7-8(15-14(11(9)21)28-18(29-15)6(3-25)4-26)13-16(12(22)10(7)20)30-17(27-13)5(1-23)2-24/h27-28H. The molecule has 0 aromatic heterocycles. The maximum atomic E-state index is 14.7. The van der Waals surface area contributed by atoms with E-state index in [1.165, 1.54) is 0 Å². The van der Waals surface area contributed by atoms with Crippen molar-refractivity contribution in [2.24, 2.45) is 0 Å². The second-order valence-electron chi connectivity index (χ2n) is 5.72. The highest BCUT2D eigenvalue weighted by Crippen LogP contribution is 2.56. The largest absolute Gasteiger partial charge is 0.347 e. The molecule has 2 aromatic rings. The van der Waals surface area contributed by atoms with E-state index >= 15 is 0 Å². The lowest BCUT2D eigenvalue weighted by Crippen LogP contribution is -2.02. The number of nitrogens with one attached hydrogen (secondary N) is 2. The number of nitrogens with zero attached hydrogens (tertiary/aromatic N) is 4. The number of anilines is 2. The monoisotopic (exact) mass is 442 g/mol. The number of benzene rings is 2. The summed E-state index contributed by atoms with van der Waals surface area (Å²) >= 11 is 1.25. The summed E-state index contributed by atoms with van der Waals surface area (Å²) in [6, 6.07) is 6.43. The number of rotatable bonds is 0. The Hall–Kier alpha value is -3.84. The molecule has 0 spiro atoms. The van der Waals surface area contributed by atoms with Crippen molar-refractivity contribution in [3.63, 3.8) is 0 Å². The maximum Gasteiger partial charge on any atom is 0.184 e. The van der Waals surface area contributed by atoms with Crippen LogP contribution in [0, 0.1) is 68.6 Å². The summed E-state index contributed by atoms with van der Waals surface area (Å²) in [6.45, 7) is 0. The molecule has 0 fully saturated rings. The molecule has 2 N–H and O–H groups in total. The quantitative estimate of drug-likeness (QED) is 0.435. The van der Waals surface area contributed by atoms with E-state index in [1.54, 1.807) is 24.3 Å². The van der Waals surface area contributed by atoms with Crippen molar-refractivity contribution in [1.29, 1.82) is 21.0 Å². The average molecular weight is 442 g/mol. The van der Waals surface area contributed by atoms with E-state index in [1.807, 2.05) is 0 Å². The summed E-state index contributed by atoms with van der Waals surface area (Å²) in [5.74, 6) is -6.30. The first-order chi connectivity index (χ1) is 14.4. The highest BCUT2D eigenvalue weighted by atomic mass is 32.2. The van der Waals surface area contributed by atoms with Crippen LogP contribution in [0.15, 0.2) is 31.0 Å². The van der Waals surface area contributed by atoms with Gasteiger partial charge in [0.1, 0.15) is 34.3 Å². The Bertz CT molecular complexity index is 1300. The third kappa shape index (κ3) is 2.49. The normalized spacial score (nSPS) is 13.3. The Morgan fingerprint density at radius 3 is 1.60 bits per heavy atom. The van der Waals surface area contributed by atoms with Gasteiger partial charge in [-0.15, -0.1) is 0 Å². The molecule has 30 heavy (non-hydrogen) atoms. The van der Waals surface area contributed by atoms with E-state index in [2.05, 4.69) is 10.6 Å². The van der Waals surface area contributed by atoms with Gasteiger partial charge in [0.05, 0.1) is 26.6 Å². The number of halogens is 4. The molecule has 0 atom stereocenters. The van der Waals surface area contributed by atoms with E-state index in [-0.39, 0.29) is 30.9 Å². The van der Waals surface area contributed by atoms with Crippen molar-refractivity contribution in [3.05, 3.63) is 44.5 Å². The molecule has 144 valence electrons. The molecular weight excluding hydrogens is 440 g/mol. The molecule has 0 bridgehead atoms. The SMILES string of the molecule is N#CC(C#N)=C1Nc2c(c(F)c(F)c3c(F)c(F)c4c(c23)SC(=C(C#N)C#N)N4)S1. The molecule has 0 amide bonds. The van der Waals surface area contributed by atoms with Crippen molar-refractivity contribution in [2.45, 2.75) is 9.79 Å². The van der Waals surface area contributed by atoms with Crippen LogP contribution in [-0.4, -0.2) is 0 Å². The molecule has 6 nitrogen and oxygen atoms in total. The molecule has 0 unspecified atom stereocenters. The van der Waals surface area contributed by atoms with Crippen LogP contribution in [0.1, 0.15) is 0 Å². The topological polar surface area (TPSA) is 119 Å². The van der Waals surface area contributed by atoms with E-state index in [4.69, 9.17) is 21.0 Å². The third-order valence-corrected chi connectivity index (χ3v) is 6.43. The first kappa shape index (κ1) is 19.5. The molecule has 2 aliphatic rings. The van der Waals surface area contributed by atoms with Crippen molar-refractivity contribution in [2.75, 3.05) is 10.6 Å². The number of fused-ring (bicyclic) bond motifs is 5. The highest BCUT2D eigenvalue weighted by Gasteiger charge is 2.37. The molecular formula is C18H2F4N6S2. The molecule has 2 heterocycles. The van der Waals surface area contributed by atoms with Gasteiger partial charge >= 0.3 is 0 Å². The number of allylic oxidation sites excluding steroid dienone is 2. The van der Waals surface area contributed by atoms with Crippen molar-refractivity contribution < 1.29 is 17.6 Å². The lowest BCUT2D eigenvalue weighted by molar-refractivity contribution is 0.485. The summed E-state index contributed by atoms with van der Waals surface area (Å²) in [4.78, 5) is -0.424. The van der Waals surface area contributed by atoms with Gasteiger partial charge in [0.2, 0.25) is 0 Å². The van der Waals surface area contributed by atoms with Gasteiger partial charge in [0.15, 0.2) is 34.4 Å². The Morgan fingerprint density at radius 2 is 1.07 bits per heavy atom. The Labute approximate surface area is 173 Å². The smallest absolute Gasteiger partial charge is 0.184 e. The van der Waals surface area contributed by atoms with Crippen LogP contribution in [-0.2, 0) is 0 Å². The first-order valence-electron chi connectivity index (χ1n) is 7.72. The molecule has 2 aliphatic heterocycles. The fourth-order valence-electron chi connectivity index (χ4n) is 2.94. The van der Waals surface area contributed by atoms with Crippen LogP contribution in [0.4, 0.5) is 28.9 Å². The second kappa shape index (κ2) is 6.89. The van der Waals surface area contributed by atoms with Gasteiger partial charge in [-0.1, -0.05) is 23.5 Å². The maximum absolute atomic E-state index is 14.7. The second-order valence-corrected chi connectivity index (χ2v) is 7.77. The minimum absolute atomic E-state index is 0.0816. The summed E-state index contributed by atoms with van der Waals surface area (Å²) in [5.41, 5.74) is -1.43. The molecule has 0 saturated carbocycles. The fraction of sp³-hybridized carbons (Fsp3) is 0. The Kier molecular flexibility index (Phi) is 4.47. The zero-order chi connectivity index (χ0) is 21.7. The Balaban J connectivity index is 2.12. The number of thioether (sulfide) groups is 2. The zero-order valence-corrected chi connectivity index (χ0v) is 15.8. The number of nitriles is 4. The van der Waals surface area contributed by atoms with Crippen LogP contribution in [0.25, 0.3) is 10.8 Å². The average Bonchev–Trinajstić information content (AvgIpc) is 3.36. The number of hydrogen-bond donors (Lipinski definition) is 2. The summed E-state index contributed by atoms with van der Waals surface area (Å²) in [6.07, 6.45) is 0. The van der Waals surface area contributed by atoms with Gasteiger partial charge < -0.3 is 10.6 Å². The molecule has 0 radical (unpaired) electrons.